The van der Waals surface area contributed by atoms with Crippen LogP contribution < -0.4 is 11.1 Å². The van der Waals surface area contributed by atoms with Crippen LogP contribution in [0.2, 0.25) is 0 Å². The second kappa shape index (κ2) is 6.09. The first-order valence-corrected chi connectivity index (χ1v) is 5.50. The van der Waals surface area contributed by atoms with Crippen molar-refractivity contribution in [2.24, 2.45) is 5.73 Å². The van der Waals surface area contributed by atoms with Crippen LogP contribution in [0.3, 0.4) is 0 Å². The summed E-state index contributed by atoms with van der Waals surface area (Å²) in [5.74, 6) is 0.123. The van der Waals surface area contributed by atoms with Gasteiger partial charge in [0.05, 0.1) is 19.0 Å². The largest absolute Gasteiger partial charge is 0.464 e. The molecule has 0 bridgehead atoms. The molecule has 0 aromatic carbocycles. The lowest BCUT2D eigenvalue weighted by atomic mass is 10.3. The summed E-state index contributed by atoms with van der Waals surface area (Å²) in [7, 11) is 0. The number of nitrogens with two attached hydrogens (primary N) is 1. The van der Waals surface area contributed by atoms with Crippen molar-refractivity contribution in [2.75, 3.05) is 11.9 Å². The van der Waals surface area contributed by atoms with Gasteiger partial charge in [-0.2, -0.15) is 0 Å². The minimum Gasteiger partial charge on any atom is -0.464 e. The van der Waals surface area contributed by atoms with E-state index in [-0.39, 0.29) is 11.0 Å². The van der Waals surface area contributed by atoms with Gasteiger partial charge in [-0.1, -0.05) is 12.2 Å². The standard InChI is InChI=1S/C10H14N4O2S/c1-3-16-10(15)6(2)14-8-5-12-7(4-13-8)9(11)17/h4-6H,3H2,1-2H3,(H2,11,17)(H,13,14). The predicted molar refractivity (Wildman–Crippen MR) is 67.6 cm³/mol. The van der Waals surface area contributed by atoms with E-state index in [9.17, 15) is 4.79 Å². The van der Waals surface area contributed by atoms with E-state index < -0.39 is 6.04 Å². The Morgan fingerprint density at radius 3 is 2.76 bits per heavy atom. The SMILES string of the molecule is CCOC(=O)C(C)Nc1cnc(C(N)=S)cn1. The number of nitrogens with one attached hydrogen (secondary N) is 1. The highest BCUT2D eigenvalue weighted by Crippen LogP contribution is 2.04. The van der Waals surface area contributed by atoms with Gasteiger partial charge in [0.2, 0.25) is 0 Å². The summed E-state index contributed by atoms with van der Waals surface area (Å²) in [4.78, 5) is 19.6. The molecule has 0 radical (unpaired) electrons. The molecule has 92 valence electrons. The van der Waals surface area contributed by atoms with Crippen molar-refractivity contribution >= 4 is 29.0 Å². The topological polar surface area (TPSA) is 90.1 Å². The van der Waals surface area contributed by atoms with Gasteiger partial charge >= 0.3 is 5.97 Å². The number of carbonyl (C=O) groups is 1. The van der Waals surface area contributed by atoms with Crippen LogP contribution in [-0.2, 0) is 9.53 Å². The molecule has 1 aromatic heterocycles. The normalized spacial score (nSPS) is 11.6. The van der Waals surface area contributed by atoms with E-state index in [2.05, 4.69) is 15.3 Å². The quantitative estimate of drug-likeness (QED) is 0.583. The zero-order valence-electron chi connectivity index (χ0n) is 9.64. The average molecular weight is 254 g/mol. The maximum Gasteiger partial charge on any atom is 0.328 e. The maximum absolute atomic E-state index is 11.3. The number of thiocarbonyl (C=S) groups is 1. The van der Waals surface area contributed by atoms with Crippen molar-refractivity contribution in [3.05, 3.63) is 18.1 Å². The molecule has 0 aliphatic carbocycles. The van der Waals surface area contributed by atoms with Gasteiger partial charge in [0.1, 0.15) is 22.5 Å². The molecular weight excluding hydrogens is 240 g/mol. The van der Waals surface area contributed by atoms with Crippen LogP contribution in [0.5, 0.6) is 0 Å². The van der Waals surface area contributed by atoms with Gasteiger partial charge < -0.3 is 15.8 Å². The van der Waals surface area contributed by atoms with Crippen LogP contribution in [0.15, 0.2) is 12.4 Å². The van der Waals surface area contributed by atoms with Crippen molar-refractivity contribution < 1.29 is 9.53 Å². The third-order valence-electron chi connectivity index (χ3n) is 1.91. The van der Waals surface area contributed by atoms with E-state index in [1.165, 1.54) is 12.4 Å². The number of nitrogens with zero attached hydrogens (tertiary/aromatic N) is 2. The minimum absolute atomic E-state index is 0.183. The molecule has 1 rings (SSSR count). The number of hydrogen-bond donors (Lipinski definition) is 2. The van der Waals surface area contributed by atoms with Crippen molar-refractivity contribution in [3.8, 4) is 0 Å². The molecule has 3 N–H and O–H groups in total. The molecule has 0 saturated carbocycles. The molecule has 1 aromatic rings. The van der Waals surface area contributed by atoms with E-state index >= 15 is 0 Å². The maximum atomic E-state index is 11.3. The van der Waals surface area contributed by atoms with Crippen LogP contribution in [0.4, 0.5) is 5.82 Å². The number of anilines is 1. The summed E-state index contributed by atoms with van der Waals surface area (Å²) in [5, 5.41) is 2.86. The first-order chi connectivity index (χ1) is 8.04. The van der Waals surface area contributed by atoms with Crippen molar-refractivity contribution in [1.82, 2.24) is 9.97 Å². The average Bonchev–Trinajstić information content (AvgIpc) is 2.30. The summed E-state index contributed by atoms with van der Waals surface area (Å²) < 4.78 is 4.85. The van der Waals surface area contributed by atoms with Crippen molar-refractivity contribution in [1.29, 1.82) is 0 Å². The fourth-order valence-electron chi connectivity index (χ4n) is 1.08. The van der Waals surface area contributed by atoms with Gasteiger partial charge in [-0.05, 0) is 13.8 Å². The lowest BCUT2D eigenvalue weighted by Gasteiger charge is -2.12. The van der Waals surface area contributed by atoms with Gasteiger partial charge in [-0.3, -0.25) is 0 Å². The predicted octanol–water partition coefficient (Wildman–Crippen LogP) is 0.474. The van der Waals surface area contributed by atoms with Gasteiger partial charge in [-0.15, -0.1) is 0 Å². The van der Waals surface area contributed by atoms with Crippen molar-refractivity contribution in [3.63, 3.8) is 0 Å². The number of ether oxygens (including phenoxy) is 1. The van der Waals surface area contributed by atoms with E-state index in [0.717, 1.165) is 0 Å². The summed E-state index contributed by atoms with van der Waals surface area (Å²) in [6.07, 6.45) is 2.91. The highest BCUT2D eigenvalue weighted by atomic mass is 32.1. The molecule has 1 unspecified atom stereocenters. The fourth-order valence-corrected chi connectivity index (χ4v) is 1.18. The number of hydrogen-bond acceptors (Lipinski definition) is 6. The van der Waals surface area contributed by atoms with Crippen LogP contribution in [0, 0.1) is 0 Å². The second-order valence-corrected chi connectivity index (χ2v) is 3.71. The highest BCUT2D eigenvalue weighted by Gasteiger charge is 2.14. The molecule has 0 fully saturated rings. The molecule has 0 amide bonds. The Hall–Kier alpha value is -1.76. The number of rotatable bonds is 5. The Morgan fingerprint density at radius 2 is 2.29 bits per heavy atom. The van der Waals surface area contributed by atoms with Crippen LogP contribution in [0.1, 0.15) is 19.5 Å². The van der Waals surface area contributed by atoms with Gasteiger partial charge in [0.15, 0.2) is 0 Å². The first-order valence-electron chi connectivity index (χ1n) is 5.09. The Morgan fingerprint density at radius 1 is 1.59 bits per heavy atom. The van der Waals surface area contributed by atoms with E-state index in [4.69, 9.17) is 22.7 Å². The molecule has 17 heavy (non-hydrogen) atoms. The Balaban J connectivity index is 2.63. The highest BCUT2D eigenvalue weighted by molar-refractivity contribution is 7.80. The van der Waals surface area contributed by atoms with Crippen LogP contribution in [0.25, 0.3) is 0 Å². The molecule has 0 saturated heterocycles. The van der Waals surface area contributed by atoms with Gasteiger partial charge in [-0.25, -0.2) is 14.8 Å². The summed E-state index contributed by atoms with van der Waals surface area (Å²) in [6.45, 7) is 3.78. The molecule has 7 heteroatoms. The molecule has 0 spiro atoms. The number of aromatic nitrogens is 2. The molecule has 1 atom stereocenters. The van der Waals surface area contributed by atoms with E-state index in [1.807, 2.05) is 0 Å². The second-order valence-electron chi connectivity index (χ2n) is 3.27. The number of esters is 1. The smallest absolute Gasteiger partial charge is 0.328 e. The lowest BCUT2D eigenvalue weighted by molar-refractivity contribution is -0.143. The molecule has 1 heterocycles. The Bertz CT molecular complexity index is 407. The third kappa shape index (κ3) is 3.95. The molecule has 0 aliphatic rings. The van der Waals surface area contributed by atoms with E-state index in [0.29, 0.717) is 18.1 Å². The summed E-state index contributed by atoms with van der Waals surface area (Å²) >= 11 is 4.75. The summed E-state index contributed by atoms with van der Waals surface area (Å²) in [5.41, 5.74) is 5.83. The zero-order chi connectivity index (χ0) is 12.8. The van der Waals surface area contributed by atoms with Crippen LogP contribution >= 0.6 is 12.2 Å². The first kappa shape index (κ1) is 13.3. The zero-order valence-corrected chi connectivity index (χ0v) is 10.5. The fraction of sp³-hybridized carbons (Fsp3) is 0.400. The molecule has 6 nitrogen and oxygen atoms in total. The molecule has 0 aliphatic heterocycles. The Kier molecular flexibility index (Phi) is 4.77. The summed E-state index contributed by atoms with van der Waals surface area (Å²) in [6, 6.07) is -0.486. The van der Waals surface area contributed by atoms with Crippen LogP contribution in [-0.4, -0.2) is 33.6 Å². The molecular formula is C10H14N4O2S. The van der Waals surface area contributed by atoms with Gasteiger partial charge in [0.25, 0.3) is 0 Å². The monoisotopic (exact) mass is 254 g/mol. The van der Waals surface area contributed by atoms with Gasteiger partial charge in [0, 0.05) is 0 Å². The third-order valence-corrected chi connectivity index (χ3v) is 2.12. The van der Waals surface area contributed by atoms with Crippen molar-refractivity contribution in [2.45, 2.75) is 19.9 Å². The minimum atomic E-state index is -0.486. The number of carbonyl (C=O) groups excluding carboxylic acids is 1. The lowest BCUT2D eigenvalue weighted by Crippen LogP contribution is -2.28. The van der Waals surface area contributed by atoms with E-state index in [1.54, 1.807) is 13.8 Å². The Labute approximate surface area is 105 Å².